The van der Waals surface area contributed by atoms with Gasteiger partial charge in [-0.3, -0.25) is 4.79 Å². The van der Waals surface area contributed by atoms with E-state index >= 15 is 0 Å². The van der Waals surface area contributed by atoms with Gasteiger partial charge in [-0.25, -0.2) is 0 Å². The normalized spacial score (nSPS) is 21.4. The first-order valence-corrected chi connectivity index (χ1v) is 7.96. The number of ether oxygens (including phenoxy) is 1. The zero-order valence-corrected chi connectivity index (χ0v) is 13.6. The number of benzene rings is 1. The molecule has 2 heterocycles. The first-order valence-electron chi connectivity index (χ1n) is 7.96. The molecule has 0 radical (unpaired) electrons. The molecular formula is C18H22N2O3. The Morgan fingerprint density at radius 2 is 2.17 bits per heavy atom. The van der Waals surface area contributed by atoms with Gasteiger partial charge in [-0.15, -0.1) is 0 Å². The zero-order valence-electron chi connectivity index (χ0n) is 13.6. The summed E-state index contributed by atoms with van der Waals surface area (Å²) in [6, 6.07) is 12.0. The summed E-state index contributed by atoms with van der Waals surface area (Å²) >= 11 is 0. The topological polar surface area (TPSA) is 55.6 Å². The van der Waals surface area contributed by atoms with Crippen molar-refractivity contribution >= 4 is 5.91 Å². The molecule has 1 amide bonds. The fourth-order valence-corrected chi connectivity index (χ4v) is 3.24. The summed E-state index contributed by atoms with van der Waals surface area (Å²) in [5.41, 5.74) is 1.99. The highest BCUT2D eigenvalue weighted by atomic mass is 16.5. The highest BCUT2D eigenvalue weighted by Crippen LogP contribution is 2.25. The molecule has 2 atom stereocenters. The molecule has 0 bridgehead atoms. The van der Waals surface area contributed by atoms with E-state index in [1.54, 1.807) is 13.2 Å². The average molecular weight is 314 g/mol. The molecule has 1 aromatic heterocycles. The highest BCUT2D eigenvalue weighted by Gasteiger charge is 2.33. The summed E-state index contributed by atoms with van der Waals surface area (Å²) in [6.45, 7) is 3.17. The minimum absolute atomic E-state index is 0.0850. The summed E-state index contributed by atoms with van der Waals surface area (Å²) in [4.78, 5) is 14.4. The molecule has 1 aliphatic heterocycles. The molecule has 122 valence electrons. The van der Waals surface area contributed by atoms with Crippen LogP contribution >= 0.6 is 0 Å². The maximum Gasteiger partial charge on any atom is 0.292 e. The summed E-state index contributed by atoms with van der Waals surface area (Å²) in [5, 5.41) is 3.80. The molecule has 0 saturated carbocycles. The van der Waals surface area contributed by atoms with Crippen LogP contribution in [-0.2, 0) is 11.2 Å². The second kappa shape index (κ2) is 6.96. The fraction of sp³-hybridized carbons (Fsp3) is 0.444. The van der Waals surface area contributed by atoms with Gasteiger partial charge in [0.05, 0.1) is 11.8 Å². The first kappa shape index (κ1) is 15.7. The van der Waals surface area contributed by atoms with Gasteiger partial charge in [-0.05, 0) is 25.3 Å². The van der Waals surface area contributed by atoms with Gasteiger partial charge in [-0.2, -0.15) is 0 Å². The molecule has 1 saturated heterocycles. The molecule has 1 aliphatic rings. The molecule has 0 unspecified atom stereocenters. The van der Waals surface area contributed by atoms with Crippen molar-refractivity contribution in [1.82, 2.24) is 10.1 Å². The van der Waals surface area contributed by atoms with E-state index in [4.69, 9.17) is 9.26 Å². The van der Waals surface area contributed by atoms with Gasteiger partial charge < -0.3 is 14.2 Å². The number of aromatic nitrogens is 1. The number of likely N-dealkylation sites (tertiary alicyclic amines) is 1. The number of aryl methyl sites for hydroxylation is 1. The van der Waals surface area contributed by atoms with E-state index in [1.807, 2.05) is 30.0 Å². The molecule has 5 nitrogen and oxygen atoms in total. The van der Waals surface area contributed by atoms with E-state index in [-0.39, 0.29) is 17.9 Å². The lowest BCUT2D eigenvalue weighted by atomic mass is 9.88. The predicted octanol–water partition coefficient (Wildman–Crippen LogP) is 2.70. The Morgan fingerprint density at radius 3 is 2.83 bits per heavy atom. The van der Waals surface area contributed by atoms with Crippen LogP contribution in [0.15, 0.2) is 40.9 Å². The Bertz CT molecular complexity index is 653. The molecule has 0 spiro atoms. The third kappa shape index (κ3) is 3.62. The van der Waals surface area contributed by atoms with Crippen molar-refractivity contribution < 1.29 is 14.1 Å². The number of carbonyl (C=O) groups is 1. The van der Waals surface area contributed by atoms with Crippen LogP contribution in [-0.4, -0.2) is 42.3 Å². The number of methoxy groups -OCH3 is 1. The Morgan fingerprint density at radius 1 is 1.39 bits per heavy atom. The van der Waals surface area contributed by atoms with Crippen molar-refractivity contribution in [2.24, 2.45) is 5.92 Å². The molecule has 0 N–H and O–H groups in total. The second-order valence-electron chi connectivity index (χ2n) is 6.10. The third-order valence-electron chi connectivity index (χ3n) is 4.43. The highest BCUT2D eigenvalue weighted by molar-refractivity contribution is 5.91. The standard InChI is InChI=1S/C18H22N2O3/c1-13-10-17(23-19-13)18(21)20-9-8-16(22-2)15(12-20)11-14-6-4-3-5-7-14/h3-7,10,15-16H,8-9,11-12H2,1-2H3/t15-,16+/m0/s1. The smallest absolute Gasteiger partial charge is 0.292 e. The summed E-state index contributed by atoms with van der Waals surface area (Å²) in [7, 11) is 1.75. The van der Waals surface area contributed by atoms with Gasteiger partial charge >= 0.3 is 0 Å². The molecule has 5 heteroatoms. The van der Waals surface area contributed by atoms with Crippen LogP contribution < -0.4 is 0 Å². The minimum atomic E-state index is -0.0850. The lowest BCUT2D eigenvalue weighted by molar-refractivity contribution is -0.00412. The molecule has 1 fully saturated rings. The van der Waals surface area contributed by atoms with E-state index in [0.717, 1.165) is 18.5 Å². The van der Waals surface area contributed by atoms with Crippen LogP contribution in [0.4, 0.5) is 0 Å². The molecule has 23 heavy (non-hydrogen) atoms. The Hall–Kier alpha value is -2.14. The Balaban J connectivity index is 1.71. The van der Waals surface area contributed by atoms with Crippen molar-refractivity contribution in [3.05, 3.63) is 53.4 Å². The third-order valence-corrected chi connectivity index (χ3v) is 4.43. The number of nitrogens with zero attached hydrogens (tertiary/aromatic N) is 2. The molecule has 0 aliphatic carbocycles. The van der Waals surface area contributed by atoms with Gasteiger partial charge in [0, 0.05) is 32.2 Å². The van der Waals surface area contributed by atoms with Crippen molar-refractivity contribution in [1.29, 1.82) is 0 Å². The van der Waals surface area contributed by atoms with Gasteiger partial charge in [0.15, 0.2) is 0 Å². The number of hydrogen-bond donors (Lipinski definition) is 0. The fourth-order valence-electron chi connectivity index (χ4n) is 3.24. The van der Waals surface area contributed by atoms with Crippen LogP contribution in [0.2, 0.25) is 0 Å². The monoisotopic (exact) mass is 314 g/mol. The SMILES string of the molecule is CO[C@@H]1CCN(C(=O)c2cc(C)no2)C[C@@H]1Cc1ccccc1. The molecule has 2 aromatic rings. The number of piperidine rings is 1. The summed E-state index contributed by atoms with van der Waals surface area (Å²) < 4.78 is 10.8. The van der Waals surface area contributed by atoms with Crippen LogP contribution in [0.3, 0.4) is 0 Å². The van der Waals surface area contributed by atoms with E-state index in [2.05, 4.69) is 17.3 Å². The number of rotatable bonds is 4. The Labute approximate surface area is 136 Å². The number of amides is 1. The summed E-state index contributed by atoms with van der Waals surface area (Å²) in [6.07, 6.45) is 1.92. The van der Waals surface area contributed by atoms with E-state index in [0.29, 0.717) is 18.8 Å². The minimum Gasteiger partial charge on any atom is -0.381 e. The van der Waals surface area contributed by atoms with Gasteiger partial charge in [0.1, 0.15) is 0 Å². The van der Waals surface area contributed by atoms with Crippen molar-refractivity contribution in [2.75, 3.05) is 20.2 Å². The largest absolute Gasteiger partial charge is 0.381 e. The lowest BCUT2D eigenvalue weighted by Crippen LogP contribution is -2.47. The van der Waals surface area contributed by atoms with Crippen LogP contribution in [0.5, 0.6) is 0 Å². The van der Waals surface area contributed by atoms with E-state index in [1.165, 1.54) is 5.56 Å². The molecular weight excluding hydrogens is 292 g/mol. The van der Waals surface area contributed by atoms with E-state index in [9.17, 15) is 4.79 Å². The molecule has 3 rings (SSSR count). The average Bonchev–Trinajstić information content (AvgIpc) is 3.01. The van der Waals surface area contributed by atoms with Crippen LogP contribution in [0.25, 0.3) is 0 Å². The Kier molecular flexibility index (Phi) is 4.76. The number of carbonyl (C=O) groups excluding carboxylic acids is 1. The van der Waals surface area contributed by atoms with Gasteiger partial charge in [-0.1, -0.05) is 35.5 Å². The van der Waals surface area contributed by atoms with Crippen molar-refractivity contribution in [3.63, 3.8) is 0 Å². The van der Waals surface area contributed by atoms with Crippen molar-refractivity contribution in [3.8, 4) is 0 Å². The van der Waals surface area contributed by atoms with Crippen LogP contribution in [0, 0.1) is 12.8 Å². The van der Waals surface area contributed by atoms with Crippen molar-refractivity contribution in [2.45, 2.75) is 25.9 Å². The first-order chi connectivity index (χ1) is 11.2. The van der Waals surface area contributed by atoms with Crippen LogP contribution in [0.1, 0.15) is 28.2 Å². The molecule has 1 aromatic carbocycles. The second-order valence-corrected chi connectivity index (χ2v) is 6.10. The maximum absolute atomic E-state index is 12.6. The zero-order chi connectivity index (χ0) is 16.2. The van der Waals surface area contributed by atoms with E-state index < -0.39 is 0 Å². The van der Waals surface area contributed by atoms with Gasteiger partial charge in [0.25, 0.3) is 5.91 Å². The lowest BCUT2D eigenvalue weighted by Gasteiger charge is -2.37. The summed E-state index contributed by atoms with van der Waals surface area (Å²) in [5.74, 6) is 0.513. The number of hydrogen-bond acceptors (Lipinski definition) is 4. The maximum atomic E-state index is 12.6. The van der Waals surface area contributed by atoms with Gasteiger partial charge in [0.2, 0.25) is 5.76 Å². The quantitative estimate of drug-likeness (QED) is 0.870. The predicted molar refractivity (Wildman–Crippen MR) is 86.2 cm³/mol.